The maximum Gasteiger partial charge on any atom is 0.330 e. The van der Waals surface area contributed by atoms with Gasteiger partial charge in [0.1, 0.15) is 5.76 Å². The van der Waals surface area contributed by atoms with Gasteiger partial charge < -0.3 is 9.84 Å². The number of carbonyl (C=O) groups is 2. The molecule has 0 bridgehead atoms. The molecule has 4 atom stereocenters. The second kappa shape index (κ2) is 12.7. The normalized spacial score (nSPS) is 28.7. The maximum atomic E-state index is 12.8. The molecule has 0 amide bonds. The molecule has 42 heavy (non-hydrogen) atoms. The molecule has 0 aromatic carbocycles. The van der Waals surface area contributed by atoms with Crippen LogP contribution in [0.15, 0.2) is 35.1 Å². The lowest BCUT2D eigenvalue weighted by atomic mass is 9.41. The third-order valence-corrected chi connectivity index (χ3v) is 11.6. The number of esters is 1. The van der Waals surface area contributed by atoms with Gasteiger partial charge in [0, 0.05) is 11.5 Å². The predicted molar refractivity (Wildman–Crippen MR) is 172 cm³/mol. The summed E-state index contributed by atoms with van der Waals surface area (Å²) in [6, 6.07) is 2.29. The monoisotopic (exact) mass is 581 g/mol. The summed E-state index contributed by atoms with van der Waals surface area (Å²) in [5.41, 5.74) is 0.152. The first-order valence-corrected chi connectivity index (χ1v) is 16.0. The number of aliphatic hydroxyl groups is 1. The number of fused-ring (bicyclic) bond motifs is 1. The van der Waals surface area contributed by atoms with Gasteiger partial charge in [0.25, 0.3) is 0 Å². The number of nitrogens with zero attached hydrogens (tertiary/aromatic N) is 1. The maximum absolute atomic E-state index is 12.8. The largest absolute Gasteiger partial charge is 0.511 e. The van der Waals surface area contributed by atoms with Gasteiger partial charge in [-0.2, -0.15) is 5.26 Å². The number of hydrogen-bond acceptors (Lipinski definition) is 5. The molecule has 0 saturated heterocycles. The Morgan fingerprint density at radius 1 is 1.05 bits per heavy atom. The van der Waals surface area contributed by atoms with Crippen molar-refractivity contribution in [1.29, 1.82) is 5.26 Å². The van der Waals surface area contributed by atoms with Crippen molar-refractivity contribution in [2.45, 2.75) is 134 Å². The summed E-state index contributed by atoms with van der Waals surface area (Å²) in [6.07, 6.45) is 13.9. The first-order valence-electron chi connectivity index (χ1n) is 16.0. The smallest absolute Gasteiger partial charge is 0.330 e. The summed E-state index contributed by atoms with van der Waals surface area (Å²) >= 11 is 0. The molecule has 1 N–H and O–H groups in total. The molecule has 2 aliphatic rings. The van der Waals surface area contributed by atoms with Crippen LogP contribution in [0.25, 0.3) is 0 Å². The van der Waals surface area contributed by atoms with Crippen LogP contribution in [0.4, 0.5) is 0 Å². The van der Waals surface area contributed by atoms with Gasteiger partial charge in [-0.25, -0.2) is 4.79 Å². The van der Waals surface area contributed by atoms with Crippen molar-refractivity contribution in [1.82, 2.24) is 0 Å². The quantitative estimate of drug-likeness (QED) is 0.183. The van der Waals surface area contributed by atoms with Crippen LogP contribution in [0.1, 0.15) is 134 Å². The molecule has 0 aromatic rings. The van der Waals surface area contributed by atoms with E-state index in [0.29, 0.717) is 12.0 Å². The summed E-state index contributed by atoms with van der Waals surface area (Å²) < 4.78 is 4.93. The number of carbonyl (C=O) groups excluding carboxylic acids is 2. The zero-order valence-electron chi connectivity index (χ0n) is 28.8. The number of hydrogen-bond donors (Lipinski definition) is 1. The molecule has 2 rings (SSSR count). The van der Waals surface area contributed by atoms with E-state index in [4.69, 9.17) is 4.74 Å². The van der Waals surface area contributed by atoms with Crippen molar-refractivity contribution in [2.75, 3.05) is 7.11 Å². The first-order chi connectivity index (χ1) is 19.1. The molecule has 5 nitrogen and oxygen atoms in total. The van der Waals surface area contributed by atoms with Gasteiger partial charge in [0.15, 0.2) is 5.78 Å². The van der Waals surface area contributed by atoms with Crippen LogP contribution in [0.2, 0.25) is 0 Å². The van der Waals surface area contributed by atoms with Crippen LogP contribution in [-0.2, 0) is 14.3 Å². The first kappa shape index (κ1) is 35.8. The number of allylic oxidation sites excluding steroid dienone is 5. The van der Waals surface area contributed by atoms with Gasteiger partial charge in [-0.05, 0) is 97.4 Å². The highest BCUT2D eigenvalue weighted by molar-refractivity contribution is 5.88. The lowest BCUT2D eigenvalue weighted by Crippen LogP contribution is -2.54. The van der Waals surface area contributed by atoms with E-state index in [2.05, 4.69) is 67.5 Å². The molecular weight excluding hydrogens is 522 g/mol. The Kier molecular flexibility index (Phi) is 10.8. The minimum absolute atomic E-state index is 0.0213. The van der Waals surface area contributed by atoms with E-state index in [0.717, 1.165) is 56.9 Å². The van der Waals surface area contributed by atoms with Crippen LogP contribution in [0.3, 0.4) is 0 Å². The van der Waals surface area contributed by atoms with E-state index < -0.39 is 10.8 Å². The fraction of sp³-hybridized carbons (Fsp3) is 0.757. The van der Waals surface area contributed by atoms with Crippen molar-refractivity contribution in [3.8, 4) is 6.07 Å². The van der Waals surface area contributed by atoms with Crippen molar-refractivity contribution < 1.29 is 19.4 Å². The predicted octanol–water partition coefficient (Wildman–Crippen LogP) is 9.84. The van der Waals surface area contributed by atoms with E-state index in [1.165, 1.54) is 7.11 Å². The Labute approximate surface area is 256 Å². The lowest BCUT2D eigenvalue weighted by Gasteiger charge is -2.62. The molecule has 1 fully saturated rings. The zero-order valence-corrected chi connectivity index (χ0v) is 28.8. The summed E-state index contributed by atoms with van der Waals surface area (Å²) in [4.78, 5) is 24.9. The molecule has 0 aromatic heterocycles. The van der Waals surface area contributed by atoms with Gasteiger partial charge in [0.2, 0.25) is 0 Å². The van der Waals surface area contributed by atoms with Crippen molar-refractivity contribution in [2.24, 2.45) is 38.4 Å². The highest BCUT2D eigenvalue weighted by Gasteiger charge is 2.61. The number of nitriles is 1. The molecule has 0 radical (unpaired) electrons. The number of ether oxygens (including phenoxy) is 1. The summed E-state index contributed by atoms with van der Waals surface area (Å²) in [6.45, 7) is 24.0. The van der Waals surface area contributed by atoms with Crippen molar-refractivity contribution in [3.63, 3.8) is 0 Å². The average molecular weight is 582 g/mol. The minimum atomic E-state index is -0.554. The van der Waals surface area contributed by atoms with Gasteiger partial charge >= 0.3 is 5.97 Å². The van der Waals surface area contributed by atoms with Crippen LogP contribution in [0, 0.1) is 49.7 Å². The number of ketones is 1. The fourth-order valence-corrected chi connectivity index (χ4v) is 8.34. The Morgan fingerprint density at radius 3 is 2.17 bits per heavy atom. The number of methoxy groups -OCH3 is 1. The molecule has 0 heterocycles. The molecule has 0 unspecified atom stereocenters. The third-order valence-electron chi connectivity index (χ3n) is 11.6. The van der Waals surface area contributed by atoms with E-state index >= 15 is 0 Å². The SMILES string of the molecule is CCCC(C)(C)CC[C@](C)(/C=C/C(=O)OC)CCC(C)(C)[C@]1(C)CC[C@H]2C(C)(C)C(O)=C(C#N)C[C@]2(C)/C1=C/C(C)=O. The Hall–Kier alpha value is -2.35. The van der Waals surface area contributed by atoms with Crippen LogP contribution >= 0.6 is 0 Å². The number of rotatable bonds is 12. The Bertz CT molecular complexity index is 1160. The van der Waals surface area contributed by atoms with Crippen LogP contribution in [0.5, 0.6) is 0 Å². The van der Waals surface area contributed by atoms with Gasteiger partial charge in [-0.1, -0.05) is 87.3 Å². The van der Waals surface area contributed by atoms with E-state index in [9.17, 15) is 20.0 Å². The van der Waals surface area contributed by atoms with Crippen LogP contribution < -0.4 is 0 Å². The molecule has 236 valence electrons. The van der Waals surface area contributed by atoms with Gasteiger partial charge in [0.05, 0.1) is 18.8 Å². The summed E-state index contributed by atoms with van der Waals surface area (Å²) in [7, 11) is 1.41. The topological polar surface area (TPSA) is 87.4 Å². The lowest BCUT2D eigenvalue weighted by molar-refractivity contribution is -0.134. The highest BCUT2D eigenvalue weighted by atomic mass is 16.5. The van der Waals surface area contributed by atoms with Gasteiger partial charge in [-0.3, -0.25) is 4.79 Å². The summed E-state index contributed by atoms with van der Waals surface area (Å²) in [5.74, 6) is 0.0120. The van der Waals surface area contributed by atoms with Crippen molar-refractivity contribution >= 4 is 11.8 Å². The molecular formula is C37H59NO4. The fourth-order valence-electron chi connectivity index (χ4n) is 8.34. The molecule has 2 aliphatic carbocycles. The molecule has 5 heteroatoms. The molecule has 0 spiro atoms. The van der Waals surface area contributed by atoms with Crippen LogP contribution in [-0.4, -0.2) is 24.0 Å². The highest BCUT2D eigenvalue weighted by Crippen LogP contribution is 2.68. The zero-order chi connectivity index (χ0) is 32.4. The van der Waals surface area contributed by atoms with E-state index in [-0.39, 0.29) is 45.1 Å². The Balaban J connectivity index is 2.53. The van der Waals surface area contributed by atoms with Crippen molar-refractivity contribution in [3.05, 3.63) is 35.1 Å². The molecule has 1 saturated carbocycles. The minimum Gasteiger partial charge on any atom is -0.511 e. The molecule has 0 aliphatic heterocycles. The van der Waals surface area contributed by atoms with Gasteiger partial charge in [-0.15, -0.1) is 0 Å². The van der Waals surface area contributed by atoms with E-state index in [1.807, 2.05) is 19.9 Å². The standard InChI is InChI=1S/C37H59NO4/c1-13-16-32(3,4)19-21-35(9,17-15-30(40)42-12)22-20-33(5,6)37(11)18-14-28-34(7,8)31(41)27(25-38)24-36(28,10)29(37)23-26(2)39/h15,17,23,28,41H,13-14,16,18-22,24H2,1-12H3/b17-15+,29-23-/t28-,35-,36-,37+/m0/s1. The summed E-state index contributed by atoms with van der Waals surface area (Å²) in [5, 5.41) is 21.0. The van der Waals surface area contributed by atoms with E-state index in [1.54, 1.807) is 13.0 Å². The Morgan fingerprint density at radius 2 is 1.64 bits per heavy atom. The number of aliphatic hydroxyl groups excluding tert-OH is 1. The second-order valence-corrected chi connectivity index (χ2v) is 16.2. The second-order valence-electron chi connectivity index (χ2n) is 16.2. The third kappa shape index (κ3) is 7.23. The average Bonchev–Trinajstić information content (AvgIpc) is 2.89.